The standard InChI is InChI=1S/C10H21NO2/c1-10(2,12-3)8-11-7-9-5-4-6-13-9/h9,11H,4-8H2,1-3H3. The van der Waals surface area contributed by atoms with Crippen LogP contribution in [0.15, 0.2) is 0 Å². The number of hydrogen-bond donors (Lipinski definition) is 1. The van der Waals surface area contributed by atoms with Crippen molar-refractivity contribution in [1.82, 2.24) is 5.32 Å². The molecule has 0 radical (unpaired) electrons. The third-order valence-electron chi connectivity index (χ3n) is 2.50. The highest BCUT2D eigenvalue weighted by atomic mass is 16.5. The third kappa shape index (κ3) is 4.07. The molecule has 0 aliphatic carbocycles. The lowest BCUT2D eigenvalue weighted by Gasteiger charge is -2.24. The van der Waals surface area contributed by atoms with Crippen LogP contribution in [-0.4, -0.2) is 38.5 Å². The first-order valence-electron chi connectivity index (χ1n) is 5.01. The van der Waals surface area contributed by atoms with E-state index in [1.54, 1.807) is 7.11 Å². The number of methoxy groups -OCH3 is 1. The number of hydrogen-bond acceptors (Lipinski definition) is 3. The maximum absolute atomic E-state index is 5.50. The summed E-state index contributed by atoms with van der Waals surface area (Å²) in [5.74, 6) is 0. The van der Waals surface area contributed by atoms with Gasteiger partial charge in [-0.15, -0.1) is 0 Å². The third-order valence-corrected chi connectivity index (χ3v) is 2.50. The molecule has 0 saturated carbocycles. The van der Waals surface area contributed by atoms with Crippen molar-refractivity contribution in [1.29, 1.82) is 0 Å². The molecule has 1 rings (SSSR count). The van der Waals surface area contributed by atoms with E-state index in [0.717, 1.165) is 19.7 Å². The van der Waals surface area contributed by atoms with Crippen LogP contribution in [0.5, 0.6) is 0 Å². The van der Waals surface area contributed by atoms with Gasteiger partial charge in [0.25, 0.3) is 0 Å². The Hall–Kier alpha value is -0.120. The van der Waals surface area contributed by atoms with Crippen LogP contribution in [0.1, 0.15) is 26.7 Å². The summed E-state index contributed by atoms with van der Waals surface area (Å²) in [5, 5.41) is 3.37. The lowest BCUT2D eigenvalue weighted by Crippen LogP contribution is -2.39. The fourth-order valence-electron chi connectivity index (χ4n) is 1.41. The number of rotatable bonds is 5. The molecule has 1 N–H and O–H groups in total. The van der Waals surface area contributed by atoms with Crippen molar-refractivity contribution < 1.29 is 9.47 Å². The van der Waals surface area contributed by atoms with Gasteiger partial charge in [-0.25, -0.2) is 0 Å². The average molecular weight is 187 g/mol. The predicted octanol–water partition coefficient (Wildman–Crippen LogP) is 1.18. The van der Waals surface area contributed by atoms with Crippen LogP contribution >= 0.6 is 0 Å². The van der Waals surface area contributed by atoms with Crippen LogP contribution in [0.3, 0.4) is 0 Å². The van der Waals surface area contributed by atoms with Crippen molar-refractivity contribution in [2.24, 2.45) is 0 Å². The summed E-state index contributed by atoms with van der Waals surface area (Å²) in [5.41, 5.74) is -0.0708. The van der Waals surface area contributed by atoms with E-state index in [1.165, 1.54) is 12.8 Å². The van der Waals surface area contributed by atoms with Crippen molar-refractivity contribution >= 4 is 0 Å². The molecular formula is C10H21NO2. The van der Waals surface area contributed by atoms with Gasteiger partial charge >= 0.3 is 0 Å². The largest absolute Gasteiger partial charge is 0.377 e. The van der Waals surface area contributed by atoms with Gasteiger partial charge in [0.1, 0.15) is 0 Å². The SMILES string of the molecule is COC(C)(C)CNCC1CCCO1. The van der Waals surface area contributed by atoms with Gasteiger partial charge < -0.3 is 14.8 Å². The van der Waals surface area contributed by atoms with Crippen molar-refractivity contribution in [2.75, 3.05) is 26.8 Å². The fourth-order valence-corrected chi connectivity index (χ4v) is 1.41. The molecule has 1 atom stereocenters. The van der Waals surface area contributed by atoms with Gasteiger partial charge in [0.2, 0.25) is 0 Å². The molecule has 1 aliphatic heterocycles. The van der Waals surface area contributed by atoms with Crippen molar-refractivity contribution in [3.63, 3.8) is 0 Å². The summed E-state index contributed by atoms with van der Waals surface area (Å²) >= 11 is 0. The Morgan fingerprint density at radius 2 is 2.31 bits per heavy atom. The highest BCUT2D eigenvalue weighted by molar-refractivity contribution is 4.74. The molecule has 0 aromatic rings. The zero-order chi connectivity index (χ0) is 9.73. The molecule has 0 spiro atoms. The number of nitrogens with one attached hydrogen (secondary N) is 1. The van der Waals surface area contributed by atoms with Crippen LogP contribution in [0.2, 0.25) is 0 Å². The lowest BCUT2D eigenvalue weighted by molar-refractivity contribution is 0.0196. The fraction of sp³-hybridized carbons (Fsp3) is 1.00. The Bertz CT molecular complexity index is 142. The molecule has 78 valence electrons. The summed E-state index contributed by atoms with van der Waals surface area (Å²) in [6, 6.07) is 0. The zero-order valence-electron chi connectivity index (χ0n) is 8.93. The molecule has 0 aromatic carbocycles. The topological polar surface area (TPSA) is 30.5 Å². The molecular weight excluding hydrogens is 166 g/mol. The van der Waals surface area contributed by atoms with Gasteiger partial charge in [0.05, 0.1) is 11.7 Å². The van der Waals surface area contributed by atoms with Gasteiger partial charge in [-0.05, 0) is 26.7 Å². The first kappa shape index (κ1) is 11.0. The Labute approximate surface area is 80.8 Å². The van der Waals surface area contributed by atoms with Crippen LogP contribution in [-0.2, 0) is 9.47 Å². The van der Waals surface area contributed by atoms with E-state index in [2.05, 4.69) is 19.2 Å². The minimum atomic E-state index is -0.0708. The molecule has 0 aromatic heterocycles. The molecule has 1 saturated heterocycles. The Morgan fingerprint density at radius 3 is 2.85 bits per heavy atom. The minimum Gasteiger partial charge on any atom is -0.377 e. The number of ether oxygens (including phenoxy) is 2. The first-order valence-corrected chi connectivity index (χ1v) is 5.01. The van der Waals surface area contributed by atoms with E-state index in [1.807, 2.05) is 0 Å². The van der Waals surface area contributed by atoms with Gasteiger partial charge in [0.15, 0.2) is 0 Å². The summed E-state index contributed by atoms with van der Waals surface area (Å²) in [7, 11) is 1.74. The van der Waals surface area contributed by atoms with E-state index in [9.17, 15) is 0 Å². The second kappa shape index (κ2) is 4.94. The minimum absolute atomic E-state index is 0.0708. The van der Waals surface area contributed by atoms with Crippen LogP contribution < -0.4 is 5.32 Å². The summed E-state index contributed by atoms with van der Waals surface area (Å²) in [6.45, 7) is 6.92. The monoisotopic (exact) mass is 187 g/mol. The van der Waals surface area contributed by atoms with Crippen molar-refractivity contribution in [2.45, 2.75) is 38.4 Å². The van der Waals surface area contributed by atoms with E-state index in [0.29, 0.717) is 6.10 Å². The van der Waals surface area contributed by atoms with E-state index in [4.69, 9.17) is 9.47 Å². The van der Waals surface area contributed by atoms with Crippen LogP contribution in [0.4, 0.5) is 0 Å². The van der Waals surface area contributed by atoms with Gasteiger partial charge in [-0.3, -0.25) is 0 Å². The predicted molar refractivity (Wildman–Crippen MR) is 52.9 cm³/mol. The maximum atomic E-state index is 5.50. The van der Waals surface area contributed by atoms with E-state index >= 15 is 0 Å². The molecule has 1 aliphatic rings. The smallest absolute Gasteiger partial charge is 0.0746 e. The van der Waals surface area contributed by atoms with Gasteiger partial charge in [-0.2, -0.15) is 0 Å². The molecule has 3 heteroatoms. The summed E-state index contributed by atoms with van der Waals surface area (Å²) in [4.78, 5) is 0. The molecule has 1 fully saturated rings. The normalized spacial score (nSPS) is 23.8. The Kier molecular flexibility index (Phi) is 4.16. The Morgan fingerprint density at radius 1 is 1.54 bits per heavy atom. The first-order chi connectivity index (χ1) is 6.14. The molecule has 1 heterocycles. The van der Waals surface area contributed by atoms with E-state index in [-0.39, 0.29) is 5.60 Å². The summed E-state index contributed by atoms with van der Waals surface area (Å²) in [6.07, 6.45) is 2.83. The van der Waals surface area contributed by atoms with Crippen molar-refractivity contribution in [3.05, 3.63) is 0 Å². The zero-order valence-corrected chi connectivity index (χ0v) is 8.93. The summed E-state index contributed by atoms with van der Waals surface area (Å²) < 4.78 is 10.8. The van der Waals surface area contributed by atoms with Crippen molar-refractivity contribution in [3.8, 4) is 0 Å². The highest BCUT2D eigenvalue weighted by Crippen LogP contribution is 2.11. The van der Waals surface area contributed by atoms with Crippen LogP contribution in [0.25, 0.3) is 0 Å². The quantitative estimate of drug-likeness (QED) is 0.701. The molecule has 1 unspecified atom stereocenters. The lowest BCUT2D eigenvalue weighted by atomic mass is 10.1. The highest BCUT2D eigenvalue weighted by Gasteiger charge is 2.18. The molecule has 0 amide bonds. The molecule has 3 nitrogen and oxygen atoms in total. The second-order valence-corrected chi connectivity index (χ2v) is 4.23. The van der Waals surface area contributed by atoms with E-state index < -0.39 is 0 Å². The van der Waals surface area contributed by atoms with Gasteiger partial charge in [0, 0.05) is 26.8 Å². The van der Waals surface area contributed by atoms with Gasteiger partial charge in [-0.1, -0.05) is 0 Å². The second-order valence-electron chi connectivity index (χ2n) is 4.23. The van der Waals surface area contributed by atoms with Crippen LogP contribution in [0, 0.1) is 0 Å². The average Bonchev–Trinajstić information content (AvgIpc) is 2.57. The molecule has 13 heavy (non-hydrogen) atoms. The molecule has 0 bridgehead atoms. The maximum Gasteiger partial charge on any atom is 0.0746 e. The Balaban J connectivity index is 2.06.